The topological polar surface area (TPSA) is 99.5 Å². The molecule has 1 heterocycles. The lowest BCUT2D eigenvalue weighted by molar-refractivity contribution is -0.138. The average Bonchev–Trinajstić information content (AvgIpc) is 3.21. The van der Waals surface area contributed by atoms with Gasteiger partial charge in [-0.3, -0.25) is 0 Å². The van der Waals surface area contributed by atoms with E-state index >= 15 is 0 Å². The Morgan fingerprint density at radius 2 is 1.81 bits per heavy atom. The van der Waals surface area contributed by atoms with Crippen molar-refractivity contribution in [1.82, 2.24) is 20.6 Å². The molecule has 0 spiro atoms. The summed E-state index contributed by atoms with van der Waals surface area (Å²) < 4.78 is 85.2. The van der Waals surface area contributed by atoms with Crippen LogP contribution >= 0.6 is 0 Å². The lowest BCUT2D eigenvalue weighted by atomic mass is 10.1. The van der Waals surface area contributed by atoms with E-state index in [1.807, 2.05) is 6.07 Å². The summed E-state index contributed by atoms with van der Waals surface area (Å²) in [5.74, 6) is -6.25. The van der Waals surface area contributed by atoms with E-state index in [1.54, 1.807) is 0 Å². The Balaban J connectivity index is 1.93. The van der Waals surface area contributed by atoms with E-state index in [9.17, 15) is 26.3 Å². The number of nitriles is 1. The minimum Gasteiger partial charge on any atom is -0.448 e. The van der Waals surface area contributed by atoms with E-state index < -0.39 is 40.7 Å². The minimum atomic E-state index is -4.98. The normalized spacial score (nSPS) is 11.9. The second-order valence-corrected chi connectivity index (χ2v) is 6.02. The summed E-state index contributed by atoms with van der Waals surface area (Å²) in [6, 6.07) is 3.87. The van der Waals surface area contributed by atoms with Crippen molar-refractivity contribution in [3.63, 3.8) is 0 Å². The van der Waals surface area contributed by atoms with Crippen LogP contribution < -0.4 is 10.1 Å². The number of rotatable bonds is 5. The van der Waals surface area contributed by atoms with Crippen molar-refractivity contribution in [2.45, 2.75) is 13.1 Å². The van der Waals surface area contributed by atoms with Gasteiger partial charge in [-0.05, 0) is 35.9 Å². The summed E-state index contributed by atoms with van der Waals surface area (Å²) in [7, 11) is 0. The molecule has 160 valence electrons. The average molecular weight is 440 g/mol. The van der Waals surface area contributed by atoms with Crippen LogP contribution in [0.2, 0.25) is 0 Å². The Bertz CT molecular complexity index is 1160. The highest BCUT2D eigenvalue weighted by Crippen LogP contribution is 2.37. The summed E-state index contributed by atoms with van der Waals surface area (Å²) in [4.78, 5) is 0. The molecule has 2 aromatic carbocycles. The third-order valence-corrected chi connectivity index (χ3v) is 3.90. The number of benzene rings is 2. The van der Waals surface area contributed by atoms with Crippen LogP contribution in [0.5, 0.6) is 11.5 Å². The molecule has 2 N–H and O–H groups in total. The van der Waals surface area contributed by atoms with Gasteiger partial charge in [-0.2, -0.15) is 23.6 Å². The van der Waals surface area contributed by atoms with Gasteiger partial charge < -0.3 is 10.1 Å². The highest BCUT2D eigenvalue weighted by molar-refractivity contribution is 5.74. The Kier molecular flexibility index (Phi) is 5.82. The van der Waals surface area contributed by atoms with Crippen molar-refractivity contribution >= 4 is 11.3 Å². The Labute approximate surface area is 170 Å². The molecule has 0 bridgehead atoms. The third-order valence-electron chi connectivity index (χ3n) is 3.90. The summed E-state index contributed by atoms with van der Waals surface area (Å²) in [5.41, 5.74) is -1.11. The van der Waals surface area contributed by atoms with Gasteiger partial charge in [0, 0.05) is 18.0 Å². The first kappa shape index (κ1) is 21.6. The van der Waals surface area contributed by atoms with Crippen molar-refractivity contribution in [2.75, 3.05) is 5.32 Å². The van der Waals surface area contributed by atoms with Crippen LogP contribution in [-0.4, -0.2) is 20.6 Å². The maximum atomic E-state index is 14.3. The molecule has 13 heteroatoms. The fraction of sp³-hybridized carbons (Fsp3) is 0.111. The van der Waals surface area contributed by atoms with E-state index in [-0.39, 0.29) is 29.2 Å². The fourth-order valence-electron chi connectivity index (χ4n) is 2.39. The first-order chi connectivity index (χ1) is 14.6. The summed E-state index contributed by atoms with van der Waals surface area (Å²) >= 11 is 0. The van der Waals surface area contributed by atoms with Gasteiger partial charge in [0.1, 0.15) is 11.6 Å². The van der Waals surface area contributed by atoms with E-state index in [0.717, 1.165) is 12.1 Å². The lowest BCUT2D eigenvalue weighted by Gasteiger charge is -2.14. The zero-order valence-electron chi connectivity index (χ0n) is 15.4. The highest BCUT2D eigenvalue weighted by atomic mass is 19.4. The fourth-order valence-corrected chi connectivity index (χ4v) is 2.39. The lowest BCUT2D eigenvalue weighted by Crippen LogP contribution is -2.07. The number of aromatic nitrogens is 4. The van der Waals surface area contributed by atoms with Crippen LogP contribution in [0.3, 0.4) is 0 Å². The molecule has 0 aliphatic rings. The molecule has 0 aliphatic heterocycles. The first-order valence-electron chi connectivity index (χ1n) is 8.25. The van der Waals surface area contributed by atoms with Gasteiger partial charge in [-0.15, -0.1) is 10.2 Å². The van der Waals surface area contributed by atoms with Gasteiger partial charge in [0.25, 0.3) is 0 Å². The number of ether oxygens (including phenoxy) is 1. The van der Waals surface area contributed by atoms with Crippen LogP contribution in [0.4, 0.5) is 32.0 Å². The molecular formula is C18H10F6N6O. The number of hydrogen-bond acceptors (Lipinski definition) is 6. The number of aromatic amines is 1. The van der Waals surface area contributed by atoms with Crippen molar-refractivity contribution in [3.05, 3.63) is 64.9 Å². The molecule has 0 radical (unpaired) electrons. The summed E-state index contributed by atoms with van der Waals surface area (Å²) in [6.45, 7) is 1.49. The number of H-pyrrole nitrogens is 1. The monoisotopic (exact) mass is 440 g/mol. The predicted molar refractivity (Wildman–Crippen MR) is 94.0 cm³/mol. The van der Waals surface area contributed by atoms with E-state index in [0.29, 0.717) is 5.56 Å². The van der Waals surface area contributed by atoms with Crippen LogP contribution in [0, 0.1) is 35.7 Å². The van der Waals surface area contributed by atoms with E-state index in [4.69, 9.17) is 10.00 Å². The van der Waals surface area contributed by atoms with Crippen LogP contribution in [0.1, 0.15) is 17.0 Å². The van der Waals surface area contributed by atoms with Crippen molar-refractivity contribution in [2.24, 2.45) is 0 Å². The molecule has 7 nitrogen and oxygen atoms in total. The molecule has 0 atom stereocenters. The second-order valence-electron chi connectivity index (χ2n) is 6.02. The number of nitrogens with one attached hydrogen (secondary N) is 2. The number of alkyl halides is 3. The van der Waals surface area contributed by atoms with Gasteiger partial charge in [0.15, 0.2) is 29.0 Å². The SMILES string of the molecule is Cc1cc(F)c(Oc2c(F)cc(C(F)(F)F)cc2F)cc1NC=C(C#N)c1nn[nH]n1. The first-order valence-corrected chi connectivity index (χ1v) is 8.25. The summed E-state index contributed by atoms with van der Waals surface area (Å²) in [5, 5.41) is 24.5. The predicted octanol–water partition coefficient (Wildman–Crippen LogP) is 4.71. The minimum absolute atomic E-state index is 0.0277. The zero-order valence-corrected chi connectivity index (χ0v) is 15.4. The third kappa shape index (κ3) is 4.74. The Hall–Kier alpha value is -4.08. The number of tetrazole rings is 1. The molecule has 3 aromatic rings. The number of hydrogen-bond donors (Lipinski definition) is 2. The molecule has 31 heavy (non-hydrogen) atoms. The number of anilines is 1. The quantitative estimate of drug-likeness (QED) is 0.440. The molecule has 1 aromatic heterocycles. The largest absolute Gasteiger partial charge is 0.448 e. The maximum Gasteiger partial charge on any atom is 0.416 e. The molecule has 3 rings (SSSR count). The maximum absolute atomic E-state index is 14.3. The molecule has 0 saturated heterocycles. The van der Waals surface area contributed by atoms with E-state index in [1.165, 1.54) is 13.1 Å². The number of nitrogens with zero attached hydrogens (tertiary/aromatic N) is 4. The van der Waals surface area contributed by atoms with Crippen LogP contribution in [0.25, 0.3) is 5.57 Å². The van der Waals surface area contributed by atoms with Crippen molar-refractivity contribution < 1.29 is 31.1 Å². The van der Waals surface area contributed by atoms with Gasteiger partial charge in [-0.1, -0.05) is 0 Å². The van der Waals surface area contributed by atoms with Crippen LogP contribution in [-0.2, 0) is 6.18 Å². The standard InChI is InChI=1S/C18H10F6N6O/c1-8-2-11(19)15(5-14(8)26-7-9(6-25)17-27-29-30-28-17)31-16-12(20)3-10(4-13(16)21)18(22,23)24/h2-5,7,26H,1H3,(H,27,28,29,30). The molecule has 0 saturated carbocycles. The number of halogens is 6. The molecular weight excluding hydrogens is 430 g/mol. The Morgan fingerprint density at radius 3 is 2.35 bits per heavy atom. The highest BCUT2D eigenvalue weighted by Gasteiger charge is 2.33. The van der Waals surface area contributed by atoms with Crippen LogP contribution in [0.15, 0.2) is 30.5 Å². The van der Waals surface area contributed by atoms with Gasteiger partial charge in [0.2, 0.25) is 5.82 Å². The van der Waals surface area contributed by atoms with Gasteiger partial charge >= 0.3 is 6.18 Å². The molecule has 0 fully saturated rings. The number of aryl methyl sites for hydroxylation is 1. The van der Waals surface area contributed by atoms with Crippen molar-refractivity contribution in [1.29, 1.82) is 5.26 Å². The smallest absolute Gasteiger partial charge is 0.416 e. The molecule has 0 aliphatic carbocycles. The summed E-state index contributed by atoms with van der Waals surface area (Å²) in [6.07, 6.45) is -3.80. The number of allylic oxidation sites excluding steroid dienone is 1. The Morgan fingerprint density at radius 1 is 1.13 bits per heavy atom. The van der Waals surface area contributed by atoms with Crippen molar-refractivity contribution in [3.8, 4) is 17.6 Å². The van der Waals surface area contributed by atoms with E-state index in [2.05, 4.69) is 25.9 Å². The second kappa shape index (κ2) is 8.34. The zero-order chi connectivity index (χ0) is 22.8. The molecule has 0 unspecified atom stereocenters. The van der Waals surface area contributed by atoms with Gasteiger partial charge in [0.05, 0.1) is 5.56 Å². The molecule has 0 amide bonds. The van der Waals surface area contributed by atoms with Gasteiger partial charge in [-0.25, -0.2) is 13.2 Å².